The molecule has 40 heavy (non-hydrogen) atoms. The van der Waals surface area contributed by atoms with Crippen LogP contribution in [0, 0.1) is 0 Å². The van der Waals surface area contributed by atoms with Crippen LogP contribution in [0.5, 0.6) is 5.75 Å². The Labute approximate surface area is 234 Å². The molecule has 0 bridgehead atoms. The predicted octanol–water partition coefficient (Wildman–Crippen LogP) is 3.89. The molecule has 0 unspecified atom stereocenters. The van der Waals surface area contributed by atoms with Gasteiger partial charge in [0.05, 0.1) is 35.1 Å². The molecule has 0 fully saturated rings. The third-order valence-corrected chi connectivity index (χ3v) is 7.46. The number of thiazole rings is 1. The van der Waals surface area contributed by atoms with Crippen LogP contribution in [-0.4, -0.2) is 36.3 Å². The maximum Gasteiger partial charge on any atom is 0.344 e. The van der Waals surface area contributed by atoms with Crippen LogP contribution in [0.15, 0.2) is 87.8 Å². The van der Waals surface area contributed by atoms with Gasteiger partial charge in [-0.3, -0.25) is 9.36 Å². The van der Waals surface area contributed by atoms with Crippen LogP contribution in [0.3, 0.4) is 0 Å². The van der Waals surface area contributed by atoms with Gasteiger partial charge in [-0.2, -0.15) is 0 Å². The van der Waals surface area contributed by atoms with E-state index in [1.54, 1.807) is 55.7 Å². The Balaban J connectivity index is 1.59. The molecule has 8 nitrogen and oxygen atoms in total. The van der Waals surface area contributed by atoms with Crippen molar-refractivity contribution < 1.29 is 23.8 Å². The summed E-state index contributed by atoms with van der Waals surface area (Å²) in [6, 6.07) is 20.1. The predicted molar refractivity (Wildman–Crippen MR) is 153 cm³/mol. The van der Waals surface area contributed by atoms with Gasteiger partial charge in [0, 0.05) is 0 Å². The Morgan fingerprint density at radius 1 is 0.975 bits per heavy atom. The summed E-state index contributed by atoms with van der Waals surface area (Å²) in [6.45, 7) is 5.59. The Bertz CT molecular complexity index is 1790. The zero-order valence-electron chi connectivity index (χ0n) is 22.4. The summed E-state index contributed by atoms with van der Waals surface area (Å²) in [4.78, 5) is 43.8. The number of allylic oxidation sites excluding steroid dienone is 1. The van der Waals surface area contributed by atoms with Gasteiger partial charge < -0.3 is 14.2 Å². The minimum atomic E-state index is -0.692. The third kappa shape index (κ3) is 5.33. The second kappa shape index (κ2) is 11.7. The molecular weight excluding hydrogens is 528 g/mol. The molecule has 0 N–H and O–H groups in total. The van der Waals surface area contributed by atoms with Gasteiger partial charge in [0.15, 0.2) is 11.4 Å². The molecule has 1 aliphatic heterocycles. The Hall–Kier alpha value is -4.50. The van der Waals surface area contributed by atoms with Crippen molar-refractivity contribution in [3.8, 4) is 5.75 Å². The first kappa shape index (κ1) is 27.1. The molecule has 1 aromatic heterocycles. The number of hydrogen-bond acceptors (Lipinski definition) is 8. The Morgan fingerprint density at radius 2 is 1.70 bits per heavy atom. The van der Waals surface area contributed by atoms with Crippen LogP contribution in [0.2, 0.25) is 0 Å². The topological polar surface area (TPSA) is 96.2 Å². The smallest absolute Gasteiger partial charge is 0.344 e. The van der Waals surface area contributed by atoms with Crippen molar-refractivity contribution in [1.82, 2.24) is 4.57 Å². The molecule has 0 spiro atoms. The van der Waals surface area contributed by atoms with E-state index in [4.69, 9.17) is 14.2 Å². The molecule has 0 saturated carbocycles. The molecule has 9 heteroatoms. The van der Waals surface area contributed by atoms with Gasteiger partial charge in [0.25, 0.3) is 5.56 Å². The Morgan fingerprint density at radius 3 is 2.45 bits per heavy atom. The van der Waals surface area contributed by atoms with E-state index >= 15 is 0 Å². The Kier molecular flexibility index (Phi) is 7.93. The number of fused-ring (bicyclic) bond motifs is 2. The summed E-state index contributed by atoms with van der Waals surface area (Å²) in [5.74, 6) is -0.419. The van der Waals surface area contributed by atoms with Gasteiger partial charge in [0.2, 0.25) is 0 Å². The minimum Gasteiger partial charge on any atom is -0.482 e. The second-order valence-electron chi connectivity index (χ2n) is 9.03. The highest BCUT2D eigenvalue weighted by atomic mass is 32.1. The molecule has 204 valence electrons. The molecule has 2 heterocycles. The number of hydrogen-bond donors (Lipinski definition) is 0. The number of rotatable bonds is 8. The molecule has 0 amide bonds. The van der Waals surface area contributed by atoms with Crippen molar-refractivity contribution in [2.24, 2.45) is 4.99 Å². The first-order chi connectivity index (χ1) is 19.4. The van der Waals surface area contributed by atoms with Crippen molar-refractivity contribution in [3.63, 3.8) is 0 Å². The lowest BCUT2D eigenvalue weighted by atomic mass is 9.91. The van der Waals surface area contributed by atoms with Crippen molar-refractivity contribution >= 4 is 40.1 Å². The highest BCUT2D eigenvalue weighted by molar-refractivity contribution is 7.07. The maximum absolute atomic E-state index is 13.9. The van der Waals surface area contributed by atoms with Gasteiger partial charge in [-0.25, -0.2) is 14.6 Å². The van der Waals surface area contributed by atoms with Gasteiger partial charge in [-0.05, 0) is 60.9 Å². The highest BCUT2D eigenvalue weighted by Gasteiger charge is 2.34. The fraction of sp³-hybridized carbons (Fsp3) is 0.226. The van der Waals surface area contributed by atoms with Gasteiger partial charge in [-0.1, -0.05) is 65.9 Å². The van der Waals surface area contributed by atoms with Crippen LogP contribution >= 0.6 is 11.3 Å². The monoisotopic (exact) mass is 556 g/mol. The fourth-order valence-corrected chi connectivity index (χ4v) is 5.78. The number of aromatic nitrogens is 1. The lowest BCUT2D eigenvalue weighted by molar-refractivity contribution is -0.145. The van der Waals surface area contributed by atoms with E-state index in [9.17, 15) is 14.4 Å². The molecule has 0 aliphatic carbocycles. The zero-order chi connectivity index (χ0) is 28.2. The molecule has 1 atom stereocenters. The standard InChI is InChI=1S/C31H28N2O6S/c1-4-37-26(34)18-39-22-15-13-20(14-16-22)17-25-29(35)33-28(24-12-8-10-21-9-6-7-11-23(21)24)27(30(36)38-5-2)19(3)32-31(33)40-25/h6-17,28H,4-5,18H2,1-3H3/b25-17+/t28-/m1/s1. The van der Waals surface area contributed by atoms with Crippen molar-refractivity contribution in [2.75, 3.05) is 19.8 Å². The third-order valence-electron chi connectivity index (χ3n) is 6.47. The highest BCUT2D eigenvalue weighted by Crippen LogP contribution is 2.34. The lowest BCUT2D eigenvalue weighted by Gasteiger charge is -2.25. The normalized spacial score (nSPS) is 15.0. The molecule has 0 saturated heterocycles. The average Bonchev–Trinajstić information content (AvgIpc) is 3.25. The van der Waals surface area contributed by atoms with E-state index in [1.165, 1.54) is 11.3 Å². The molecule has 3 aromatic carbocycles. The van der Waals surface area contributed by atoms with Crippen LogP contribution < -0.4 is 19.6 Å². The van der Waals surface area contributed by atoms with Crippen molar-refractivity contribution in [1.29, 1.82) is 0 Å². The summed E-state index contributed by atoms with van der Waals surface area (Å²) >= 11 is 1.26. The quantitative estimate of drug-likeness (QED) is 0.306. The number of esters is 2. The first-order valence-electron chi connectivity index (χ1n) is 13.0. The van der Waals surface area contributed by atoms with Gasteiger partial charge in [0.1, 0.15) is 5.75 Å². The first-order valence-corrected chi connectivity index (χ1v) is 13.8. The SMILES string of the molecule is CCOC(=O)COc1ccc(/C=c2/sc3n(c2=O)[C@H](c2cccc4ccccc24)C(C(=O)OCC)=C(C)N=3)cc1. The molecule has 0 radical (unpaired) electrons. The summed E-state index contributed by atoms with van der Waals surface area (Å²) in [5.41, 5.74) is 2.22. The second-order valence-corrected chi connectivity index (χ2v) is 10.0. The van der Waals surface area contributed by atoms with Gasteiger partial charge in [-0.15, -0.1) is 0 Å². The molecule has 5 rings (SSSR count). The van der Waals surface area contributed by atoms with Gasteiger partial charge >= 0.3 is 11.9 Å². The molecule has 4 aromatic rings. The van der Waals surface area contributed by atoms with E-state index in [1.807, 2.05) is 42.5 Å². The summed E-state index contributed by atoms with van der Waals surface area (Å²) in [6.07, 6.45) is 1.78. The lowest BCUT2D eigenvalue weighted by Crippen LogP contribution is -2.40. The molecule has 1 aliphatic rings. The molecular formula is C31H28N2O6S. The van der Waals surface area contributed by atoms with Crippen molar-refractivity contribution in [2.45, 2.75) is 26.8 Å². The summed E-state index contributed by atoms with van der Waals surface area (Å²) < 4.78 is 17.8. The summed E-state index contributed by atoms with van der Waals surface area (Å²) in [7, 11) is 0. The number of nitrogens with zero attached hydrogens (tertiary/aromatic N) is 2. The van der Waals surface area contributed by atoms with Crippen LogP contribution in [-0.2, 0) is 19.1 Å². The fourth-order valence-electron chi connectivity index (χ4n) is 4.73. The van der Waals surface area contributed by atoms with E-state index in [2.05, 4.69) is 4.99 Å². The van der Waals surface area contributed by atoms with Crippen LogP contribution in [0.1, 0.15) is 37.9 Å². The average molecular weight is 557 g/mol. The van der Waals surface area contributed by atoms with Crippen LogP contribution in [0.4, 0.5) is 0 Å². The van der Waals surface area contributed by atoms with Crippen molar-refractivity contribution in [3.05, 3.63) is 109 Å². The minimum absolute atomic E-state index is 0.178. The largest absolute Gasteiger partial charge is 0.482 e. The van der Waals surface area contributed by atoms with Crippen LogP contribution in [0.25, 0.3) is 16.8 Å². The number of carbonyl (C=O) groups excluding carboxylic acids is 2. The number of carbonyl (C=O) groups is 2. The van der Waals surface area contributed by atoms with E-state index in [0.29, 0.717) is 33.0 Å². The maximum atomic E-state index is 13.9. The zero-order valence-corrected chi connectivity index (χ0v) is 23.2. The number of benzene rings is 3. The summed E-state index contributed by atoms with van der Waals surface area (Å²) in [5, 5.41) is 1.95. The van der Waals surface area contributed by atoms with E-state index < -0.39 is 18.0 Å². The van der Waals surface area contributed by atoms with E-state index in [0.717, 1.165) is 21.9 Å². The number of ether oxygens (including phenoxy) is 3. The van der Waals surface area contributed by atoms with E-state index in [-0.39, 0.29) is 18.8 Å².